The van der Waals surface area contributed by atoms with Crippen LogP contribution in [0.1, 0.15) is 42.0 Å². The van der Waals surface area contributed by atoms with E-state index in [1.54, 1.807) is 5.38 Å². The van der Waals surface area contributed by atoms with Crippen molar-refractivity contribution in [2.75, 3.05) is 11.9 Å². The van der Waals surface area contributed by atoms with Gasteiger partial charge in [-0.05, 0) is 42.6 Å². The number of rotatable bonds is 5. The SMILES string of the molecule is CCO[C@H]1C[C@@H](n2cc(NC(=O)c3csc(Br)n3)c(C)n2)C1. The van der Waals surface area contributed by atoms with E-state index in [2.05, 4.69) is 31.3 Å². The number of halogens is 1. The molecule has 0 aromatic carbocycles. The fraction of sp³-hybridized carbons (Fsp3) is 0.500. The van der Waals surface area contributed by atoms with Crippen LogP contribution in [0, 0.1) is 6.92 Å². The van der Waals surface area contributed by atoms with Crippen LogP contribution in [-0.2, 0) is 4.74 Å². The first-order valence-electron chi connectivity index (χ1n) is 7.16. The average Bonchev–Trinajstić information content (AvgIpc) is 3.00. The lowest BCUT2D eigenvalue weighted by molar-refractivity contribution is -0.0227. The maximum atomic E-state index is 12.1. The molecule has 2 heterocycles. The summed E-state index contributed by atoms with van der Waals surface area (Å²) in [5, 5.41) is 9.09. The molecule has 0 radical (unpaired) electrons. The van der Waals surface area contributed by atoms with E-state index in [0.29, 0.717) is 21.8 Å². The van der Waals surface area contributed by atoms with Crippen LogP contribution in [0.2, 0.25) is 0 Å². The van der Waals surface area contributed by atoms with Gasteiger partial charge in [0, 0.05) is 18.2 Å². The molecule has 0 saturated heterocycles. The predicted molar refractivity (Wildman–Crippen MR) is 88.4 cm³/mol. The minimum Gasteiger partial charge on any atom is -0.378 e. The van der Waals surface area contributed by atoms with E-state index in [9.17, 15) is 4.79 Å². The zero-order chi connectivity index (χ0) is 15.7. The largest absolute Gasteiger partial charge is 0.378 e. The van der Waals surface area contributed by atoms with Crippen molar-refractivity contribution in [3.8, 4) is 0 Å². The van der Waals surface area contributed by atoms with Gasteiger partial charge in [0.25, 0.3) is 5.91 Å². The maximum Gasteiger partial charge on any atom is 0.275 e. The van der Waals surface area contributed by atoms with Gasteiger partial charge in [0.05, 0.1) is 23.5 Å². The first-order chi connectivity index (χ1) is 10.6. The summed E-state index contributed by atoms with van der Waals surface area (Å²) in [4.78, 5) is 16.3. The van der Waals surface area contributed by atoms with E-state index < -0.39 is 0 Å². The molecule has 1 aliphatic carbocycles. The Hall–Kier alpha value is -1.25. The van der Waals surface area contributed by atoms with Crippen molar-refractivity contribution in [1.29, 1.82) is 0 Å². The normalized spacial score (nSPS) is 20.7. The van der Waals surface area contributed by atoms with Crippen molar-refractivity contribution in [2.45, 2.75) is 38.8 Å². The fourth-order valence-electron chi connectivity index (χ4n) is 2.46. The van der Waals surface area contributed by atoms with Gasteiger partial charge in [-0.15, -0.1) is 11.3 Å². The zero-order valence-electron chi connectivity index (χ0n) is 12.4. The summed E-state index contributed by atoms with van der Waals surface area (Å²) < 4.78 is 8.19. The van der Waals surface area contributed by atoms with E-state index in [0.717, 1.165) is 30.8 Å². The smallest absolute Gasteiger partial charge is 0.275 e. The number of anilines is 1. The number of ether oxygens (including phenoxy) is 1. The van der Waals surface area contributed by atoms with Crippen molar-refractivity contribution in [3.63, 3.8) is 0 Å². The molecule has 6 nitrogen and oxygen atoms in total. The Morgan fingerprint density at radius 3 is 3.00 bits per heavy atom. The topological polar surface area (TPSA) is 69.0 Å². The van der Waals surface area contributed by atoms with Crippen molar-refractivity contribution < 1.29 is 9.53 Å². The molecule has 0 aliphatic heterocycles. The van der Waals surface area contributed by atoms with Crippen LogP contribution < -0.4 is 5.32 Å². The molecule has 2 aromatic rings. The van der Waals surface area contributed by atoms with Crippen molar-refractivity contribution in [2.24, 2.45) is 0 Å². The Balaban J connectivity index is 1.64. The standard InChI is InChI=1S/C14H17BrN4O2S/c1-3-21-10-4-9(5-10)19-6-11(8(2)18-19)16-13(20)12-7-22-14(15)17-12/h6-7,9-10H,3-5H2,1-2H3,(H,16,20)/t9-,10+. The molecule has 1 saturated carbocycles. The molecule has 3 rings (SSSR count). The number of aryl methyl sites for hydroxylation is 1. The van der Waals surface area contributed by atoms with Crippen LogP contribution >= 0.6 is 27.3 Å². The van der Waals surface area contributed by atoms with E-state index >= 15 is 0 Å². The first kappa shape index (κ1) is 15.6. The number of carbonyl (C=O) groups excluding carboxylic acids is 1. The third-order valence-corrected chi connectivity index (χ3v) is 5.08. The molecule has 118 valence electrons. The highest BCUT2D eigenvalue weighted by Crippen LogP contribution is 2.35. The summed E-state index contributed by atoms with van der Waals surface area (Å²) in [5.41, 5.74) is 1.94. The minimum atomic E-state index is -0.217. The van der Waals surface area contributed by atoms with Crippen LogP contribution in [0.3, 0.4) is 0 Å². The van der Waals surface area contributed by atoms with E-state index in [1.807, 2.05) is 24.7 Å². The second-order valence-electron chi connectivity index (χ2n) is 5.25. The average molecular weight is 385 g/mol. The Labute approximate surface area is 141 Å². The van der Waals surface area contributed by atoms with Crippen LogP contribution in [0.25, 0.3) is 0 Å². The number of carbonyl (C=O) groups is 1. The molecule has 1 amide bonds. The number of nitrogens with one attached hydrogen (secondary N) is 1. The zero-order valence-corrected chi connectivity index (χ0v) is 14.8. The van der Waals surface area contributed by atoms with Gasteiger partial charge in [0.15, 0.2) is 3.92 Å². The van der Waals surface area contributed by atoms with Gasteiger partial charge in [-0.2, -0.15) is 5.10 Å². The van der Waals surface area contributed by atoms with Gasteiger partial charge in [-0.3, -0.25) is 9.48 Å². The fourth-order valence-corrected chi connectivity index (χ4v) is 3.45. The molecule has 8 heteroatoms. The lowest BCUT2D eigenvalue weighted by atomic mass is 9.89. The Morgan fingerprint density at radius 2 is 2.36 bits per heavy atom. The molecule has 1 aliphatic rings. The molecular formula is C14H17BrN4O2S. The van der Waals surface area contributed by atoms with E-state index in [1.165, 1.54) is 11.3 Å². The number of amides is 1. The number of thiazole rings is 1. The number of hydrogen-bond donors (Lipinski definition) is 1. The molecule has 0 atom stereocenters. The molecule has 2 aromatic heterocycles. The summed E-state index contributed by atoms with van der Waals surface area (Å²) in [7, 11) is 0. The summed E-state index contributed by atoms with van der Waals surface area (Å²) in [5.74, 6) is -0.217. The second-order valence-corrected chi connectivity index (χ2v) is 7.38. The van der Waals surface area contributed by atoms with Gasteiger partial charge >= 0.3 is 0 Å². The molecule has 1 fully saturated rings. The van der Waals surface area contributed by atoms with Crippen molar-refractivity contribution in [3.05, 3.63) is 26.9 Å². The summed E-state index contributed by atoms with van der Waals surface area (Å²) >= 11 is 4.64. The molecule has 0 bridgehead atoms. The Bertz CT molecular complexity index is 678. The van der Waals surface area contributed by atoms with Crippen molar-refractivity contribution >= 4 is 38.9 Å². The highest BCUT2D eigenvalue weighted by atomic mass is 79.9. The van der Waals surface area contributed by atoms with E-state index in [4.69, 9.17) is 4.74 Å². The number of nitrogens with zero attached hydrogens (tertiary/aromatic N) is 3. The molecule has 22 heavy (non-hydrogen) atoms. The Morgan fingerprint density at radius 1 is 1.59 bits per heavy atom. The van der Waals surface area contributed by atoms with Gasteiger partial charge in [0.1, 0.15) is 5.69 Å². The monoisotopic (exact) mass is 384 g/mol. The van der Waals surface area contributed by atoms with Crippen LogP contribution in [0.15, 0.2) is 15.5 Å². The van der Waals surface area contributed by atoms with Crippen LogP contribution in [0.5, 0.6) is 0 Å². The van der Waals surface area contributed by atoms with Crippen LogP contribution in [-0.4, -0.2) is 33.4 Å². The molecule has 1 N–H and O–H groups in total. The van der Waals surface area contributed by atoms with Gasteiger partial charge in [-0.25, -0.2) is 4.98 Å². The molecule has 0 spiro atoms. The second kappa shape index (κ2) is 6.47. The summed E-state index contributed by atoms with van der Waals surface area (Å²) in [6.45, 7) is 4.65. The lowest BCUT2D eigenvalue weighted by Gasteiger charge is -2.34. The summed E-state index contributed by atoms with van der Waals surface area (Å²) in [6.07, 6.45) is 4.18. The Kier molecular flexibility index (Phi) is 4.60. The van der Waals surface area contributed by atoms with Crippen molar-refractivity contribution in [1.82, 2.24) is 14.8 Å². The van der Waals surface area contributed by atoms with Crippen LogP contribution in [0.4, 0.5) is 5.69 Å². The third kappa shape index (κ3) is 3.23. The number of aromatic nitrogens is 3. The summed E-state index contributed by atoms with van der Waals surface area (Å²) in [6, 6.07) is 0.356. The lowest BCUT2D eigenvalue weighted by Crippen LogP contribution is -2.33. The highest BCUT2D eigenvalue weighted by Gasteiger charge is 2.32. The minimum absolute atomic E-state index is 0.217. The maximum absolute atomic E-state index is 12.1. The van der Waals surface area contributed by atoms with Gasteiger partial charge in [-0.1, -0.05) is 0 Å². The quantitative estimate of drug-likeness (QED) is 0.857. The third-order valence-electron chi connectivity index (χ3n) is 3.72. The van der Waals surface area contributed by atoms with E-state index in [-0.39, 0.29) is 5.91 Å². The molecular weight excluding hydrogens is 368 g/mol. The predicted octanol–water partition coefficient (Wildman–Crippen LogP) is 3.40. The highest BCUT2D eigenvalue weighted by molar-refractivity contribution is 9.11. The molecule has 0 unspecified atom stereocenters. The van der Waals surface area contributed by atoms with Gasteiger partial charge in [0.2, 0.25) is 0 Å². The first-order valence-corrected chi connectivity index (χ1v) is 8.83. The number of hydrogen-bond acceptors (Lipinski definition) is 5. The van der Waals surface area contributed by atoms with Gasteiger partial charge < -0.3 is 10.1 Å².